The molecule has 3 heteroatoms. The van der Waals surface area contributed by atoms with E-state index in [4.69, 9.17) is 0 Å². The Bertz CT molecular complexity index is 21.7. The molecule has 0 N–H and O–H groups in total. The molecule has 0 saturated heterocycles. The van der Waals surface area contributed by atoms with E-state index in [1.54, 1.807) is 0 Å². The molecule has 0 aliphatic heterocycles. The molecule has 0 aliphatic rings. The molecule has 0 spiro atoms. The zero-order valence-electron chi connectivity index (χ0n) is 9.26. The van der Waals surface area contributed by atoms with Gasteiger partial charge in [0.15, 0.2) is 0 Å². The van der Waals surface area contributed by atoms with Gasteiger partial charge in [0.05, 0.1) is 0 Å². The average molecular weight is 513 g/mol. The molecule has 0 aromatic rings. The normalized spacial score (nSPS) is 6.33. The van der Waals surface area contributed by atoms with Crippen LogP contribution in [0.3, 0.4) is 0 Å². The van der Waals surface area contributed by atoms with Gasteiger partial charge >= 0.3 is 50.5 Å². The summed E-state index contributed by atoms with van der Waals surface area (Å²) >= 11 is 5.30. The van der Waals surface area contributed by atoms with Crippen LogP contribution in [0.25, 0.3) is 0 Å². The Kier molecular flexibility index (Phi) is 101. The zero-order chi connectivity index (χ0) is 10.8. The first kappa shape index (κ1) is 23.8. The first-order valence-electron chi connectivity index (χ1n) is 4.61. The van der Waals surface area contributed by atoms with E-state index >= 15 is 0 Å². The molecular weight excluding hydrogens is 489 g/mol. The Morgan fingerprint density at radius 3 is 0.917 bits per heavy atom. The van der Waals surface area contributed by atoms with Gasteiger partial charge in [-0.1, -0.05) is 60.8 Å². The summed E-state index contributed by atoms with van der Waals surface area (Å²) in [6.07, 6.45) is 3.89. The molecule has 0 bridgehead atoms. The van der Waals surface area contributed by atoms with Gasteiger partial charge in [0.25, 0.3) is 0 Å². The molecule has 0 radical (unpaired) electrons. The van der Waals surface area contributed by atoms with Crippen molar-refractivity contribution in [3.8, 4) is 0 Å². The van der Waals surface area contributed by atoms with Crippen LogP contribution in [0.15, 0.2) is 0 Å². The van der Waals surface area contributed by atoms with Gasteiger partial charge in [0.1, 0.15) is 0 Å². The number of hydrogen-bond acceptors (Lipinski definition) is 0. The van der Waals surface area contributed by atoms with Crippen molar-refractivity contribution in [3.63, 3.8) is 0 Å². The van der Waals surface area contributed by atoms with Gasteiger partial charge in [-0.25, -0.2) is 0 Å². The molecule has 0 aromatic heterocycles. The van der Waals surface area contributed by atoms with Gasteiger partial charge in [-0.2, -0.15) is 0 Å². The van der Waals surface area contributed by atoms with Crippen LogP contribution in [-0.2, 0) is 0 Å². The van der Waals surface area contributed by atoms with E-state index in [1.807, 2.05) is 13.8 Å². The third kappa shape index (κ3) is 150. The third-order valence-corrected chi connectivity index (χ3v) is 0.500. The van der Waals surface area contributed by atoms with Gasteiger partial charge in [-0.05, 0) is 0 Å². The number of unbranched alkanes of at least 4 members (excludes halogenated alkanes) is 1. The van der Waals surface area contributed by atoms with Crippen LogP contribution in [0, 0.1) is 0 Å². The van der Waals surface area contributed by atoms with Crippen LogP contribution >= 0.6 is 37.2 Å². The van der Waals surface area contributed by atoms with E-state index in [2.05, 4.69) is 64.9 Å². The minimum absolute atomic E-state index is 0.530. The maximum atomic E-state index is 2.39. The van der Waals surface area contributed by atoms with Crippen molar-refractivity contribution in [1.82, 2.24) is 0 Å². The average Bonchev–Trinajstić information content (AvgIpc) is 2.10. The molecular formula is C9H24I3-. The molecule has 0 rings (SSSR count). The van der Waals surface area contributed by atoms with E-state index in [9.17, 15) is 0 Å². The maximum absolute atomic E-state index is 2.39. The van der Waals surface area contributed by atoms with Crippen LogP contribution in [-0.4, -0.2) is 0 Å². The van der Waals surface area contributed by atoms with Crippen LogP contribution in [0.4, 0.5) is 0 Å². The standard InChI is InChI=1S/C4H10.C3H8.C2H6.I3/c1-3-4-2;1-3-2;1-2;1-3-2/h3-4H2,1-2H3;3H2,1-2H3;1-2H3;/q;;;-1. The van der Waals surface area contributed by atoms with E-state index in [1.165, 1.54) is 19.3 Å². The fourth-order valence-electron chi connectivity index (χ4n) is 0. The van der Waals surface area contributed by atoms with Crippen molar-refractivity contribution in [3.05, 3.63) is 0 Å². The summed E-state index contributed by atoms with van der Waals surface area (Å²) in [6.45, 7) is 12.6. The molecule has 12 heavy (non-hydrogen) atoms. The summed E-state index contributed by atoms with van der Waals surface area (Å²) in [5, 5.41) is 0. The van der Waals surface area contributed by atoms with Gasteiger partial charge in [-0.3, -0.25) is 0 Å². The second-order valence-corrected chi connectivity index (χ2v) is 18.0. The second-order valence-electron chi connectivity index (χ2n) is 1.76. The monoisotopic (exact) mass is 513 g/mol. The van der Waals surface area contributed by atoms with Crippen molar-refractivity contribution in [1.29, 1.82) is 0 Å². The SMILES string of the molecule is CC.CCC.CCCC.I[I-]I. The summed E-state index contributed by atoms with van der Waals surface area (Å²) < 4.78 is 0. The van der Waals surface area contributed by atoms with Crippen molar-refractivity contribution in [2.24, 2.45) is 0 Å². The van der Waals surface area contributed by atoms with Crippen molar-refractivity contribution in [2.45, 2.75) is 60.8 Å². The van der Waals surface area contributed by atoms with Gasteiger partial charge < -0.3 is 0 Å². The van der Waals surface area contributed by atoms with Crippen molar-refractivity contribution in [2.75, 3.05) is 0 Å². The second kappa shape index (κ2) is 51.2. The molecule has 0 aliphatic carbocycles. The summed E-state index contributed by atoms with van der Waals surface area (Å²) in [5.41, 5.74) is 0. The van der Waals surface area contributed by atoms with Crippen LogP contribution in [0.2, 0.25) is 0 Å². The summed E-state index contributed by atoms with van der Waals surface area (Å²) in [7, 11) is 0. The molecule has 0 aromatic carbocycles. The van der Waals surface area contributed by atoms with Crippen molar-refractivity contribution < 1.29 is 13.3 Å². The first-order chi connectivity index (χ1) is 5.74. The van der Waals surface area contributed by atoms with Gasteiger partial charge in [-0.15, -0.1) is 0 Å². The van der Waals surface area contributed by atoms with Crippen LogP contribution in [0.5, 0.6) is 0 Å². The molecule has 0 fully saturated rings. The Morgan fingerprint density at radius 2 is 0.917 bits per heavy atom. The van der Waals surface area contributed by atoms with Crippen LogP contribution < -0.4 is 13.3 Å². The number of halogens is 3. The fraction of sp³-hybridized carbons (Fsp3) is 1.00. The number of rotatable bonds is 1. The molecule has 0 unspecified atom stereocenters. The molecule has 0 heterocycles. The van der Waals surface area contributed by atoms with Gasteiger partial charge in [0.2, 0.25) is 0 Å². The van der Waals surface area contributed by atoms with E-state index in [0.717, 1.165) is 0 Å². The topological polar surface area (TPSA) is 0 Å². The Labute approximate surface area is 110 Å². The van der Waals surface area contributed by atoms with Crippen LogP contribution in [0.1, 0.15) is 60.8 Å². The first-order valence-corrected chi connectivity index (χ1v) is 17.2. The van der Waals surface area contributed by atoms with Crippen molar-refractivity contribution >= 4 is 37.2 Å². The quantitative estimate of drug-likeness (QED) is 0.474. The predicted octanol–water partition coefficient (Wildman–Crippen LogP) is 3.02. The molecule has 0 saturated carbocycles. The van der Waals surface area contributed by atoms with E-state index in [0.29, 0.717) is 13.3 Å². The summed E-state index contributed by atoms with van der Waals surface area (Å²) in [6, 6.07) is 0. The molecule has 0 nitrogen and oxygen atoms in total. The zero-order valence-corrected chi connectivity index (χ0v) is 15.7. The molecule has 82 valence electrons. The van der Waals surface area contributed by atoms with E-state index in [-0.39, 0.29) is 0 Å². The third-order valence-electron chi connectivity index (χ3n) is 0.500. The molecule has 0 atom stereocenters. The Morgan fingerprint density at radius 1 is 0.833 bits per heavy atom. The molecule has 0 amide bonds. The Hall–Kier alpha value is 2.19. The number of hydrogen-bond donors (Lipinski definition) is 0. The predicted molar refractivity (Wildman–Crippen MR) is 75.9 cm³/mol. The summed E-state index contributed by atoms with van der Waals surface area (Å²) in [4.78, 5) is 0. The summed E-state index contributed by atoms with van der Waals surface area (Å²) in [5.74, 6) is 0. The fourth-order valence-corrected chi connectivity index (χ4v) is 0. The van der Waals surface area contributed by atoms with E-state index < -0.39 is 0 Å². The minimum atomic E-state index is 0.530. The Balaban J connectivity index is -0.0000000368. The van der Waals surface area contributed by atoms with Gasteiger partial charge in [0, 0.05) is 0 Å².